The summed E-state index contributed by atoms with van der Waals surface area (Å²) in [5.74, 6) is 0.0150. The molecule has 0 radical (unpaired) electrons. The standard InChI is InChI=1S/C22H22F6N2O4S/c1-20(2,3)17-11-34-19(29-17)15-6-5-7-16(33-4)18(15)30-35(31,32)14-9-12(21(23,24)25)8-13(10-14)22(26,27)28/h5-10,17,30H,11H2,1-4H3/t17-/m1/s1. The van der Waals surface area contributed by atoms with Gasteiger partial charge in [-0.25, -0.2) is 13.4 Å². The van der Waals surface area contributed by atoms with Crippen LogP contribution in [0.4, 0.5) is 32.0 Å². The SMILES string of the molecule is COc1cccc(C2=N[C@@H](C(C)(C)C)CO2)c1NS(=O)(=O)c1cc(C(F)(F)F)cc(C(F)(F)F)c1. The van der Waals surface area contributed by atoms with Gasteiger partial charge in [0.25, 0.3) is 10.0 Å². The topological polar surface area (TPSA) is 77.0 Å². The van der Waals surface area contributed by atoms with Gasteiger partial charge in [0.2, 0.25) is 5.90 Å². The molecule has 0 spiro atoms. The molecular formula is C22H22F6N2O4S. The Morgan fingerprint density at radius 2 is 1.57 bits per heavy atom. The molecule has 0 aliphatic carbocycles. The Morgan fingerprint density at radius 3 is 2.03 bits per heavy atom. The van der Waals surface area contributed by atoms with Gasteiger partial charge in [-0.05, 0) is 35.7 Å². The quantitative estimate of drug-likeness (QED) is 0.508. The number of methoxy groups -OCH3 is 1. The van der Waals surface area contributed by atoms with E-state index in [9.17, 15) is 34.8 Å². The minimum Gasteiger partial charge on any atom is -0.495 e. The molecule has 0 aromatic heterocycles. The smallest absolute Gasteiger partial charge is 0.416 e. The van der Waals surface area contributed by atoms with E-state index in [4.69, 9.17) is 9.47 Å². The van der Waals surface area contributed by atoms with Gasteiger partial charge in [0, 0.05) is 0 Å². The first-order valence-electron chi connectivity index (χ1n) is 10.1. The van der Waals surface area contributed by atoms with E-state index in [0.717, 1.165) is 0 Å². The van der Waals surface area contributed by atoms with Crippen LogP contribution >= 0.6 is 0 Å². The number of sulfonamides is 1. The molecule has 3 rings (SSSR count). The Hall–Kier alpha value is -2.96. The van der Waals surface area contributed by atoms with Crippen LogP contribution in [0, 0.1) is 5.41 Å². The molecule has 0 unspecified atom stereocenters. The molecule has 0 bridgehead atoms. The summed E-state index contributed by atoms with van der Waals surface area (Å²) in [5.41, 5.74) is -3.93. The van der Waals surface area contributed by atoms with Gasteiger partial charge >= 0.3 is 12.4 Å². The van der Waals surface area contributed by atoms with E-state index in [-0.39, 0.29) is 59.2 Å². The van der Waals surface area contributed by atoms with Gasteiger partial charge in [0.1, 0.15) is 18.0 Å². The number of benzene rings is 2. The Kier molecular flexibility index (Phi) is 6.79. The van der Waals surface area contributed by atoms with E-state index < -0.39 is 38.4 Å². The van der Waals surface area contributed by atoms with Gasteiger partial charge in [0.05, 0.1) is 34.7 Å². The minimum absolute atomic E-state index is 0.0420. The van der Waals surface area contributed by atoms with Crippen molar-refractivity contribution in [1.29, 1.82) is 0 Å². The monoisotopic (exact) mass is 524 g/mol. The summed E-state index contributed by atoms with van der Waals surface area (Å²) in [7, 11) is -3.73. The number of halogens is 6. The maximum absolute atomic E-state index is 13.2. The number of hydrogen-bond donors (Lipinski definition) is 1. The van der Waals surface area contributed by atoms with Crippen LogP contribution in [0.15, 0.2) is 46.3 Å². The summed E-state index contributed by atoms with van der Waals surface area (Å²) >= 11 is 0. The number of alkyl halides is 6. The van der Waals surface area contributed by atoms with Crippen molar-refractivity contribution in [3.8, 4) is 5.75 Å². The van der Waals surface area contributed by atoms with Crippen LogP contribution in [-0.2, 0) is 27.1 Å². The van der Waals surface area contributed by atoms with Crippen LogP contribution in [0.1, 0.15) is 37.5 Å². The summed E-state index contributed by atoms with van der Waals surface area (Å²) in [6, 6.07) is 4.15. The van der Waals surface area contributed by atoms with E-state index in [0.29, 0.717) is 0 Å². The lowest BCUT2D eigenvalue weighted by Gasteiger charge is -2.21. The predicted octanol–water partition coefficient (Wildman–Crippen LogP) is 5.73. The lowest BCUT2D eigenvalue weighted by atomic mass is 9.88. The van der Waals surface area contributed by atoms with Gasteiger partial charge in [-0.15, -0.1) is 0 Å². The summed E-state index contributed by atoms with van der Waals surface area (Å²) in [6.07, 6.45) is -10.4. The molecule has 2 aromatic rings. The molecule has 0 saturated heterocycles. The fraction of sp³-hybridized carbons (Fsp3) is 0.409. The van der Waals surface area contributed by atoms with Crippen LogP contribution in [-0.4, -0.2) is 34.1 Å². The molecule has 192 valence electrons. The summed E-state index contributed by atoms with van der Waals surface area (Å²) < 4.78 is 118. The number of anilines is 1. The second-order valence-corrected chi connectivity index (χ2v) is 10.5. The van der Waals surface area contributed by atoms with Crippen molar-refractivity contribution in [1.82, 2.24) is 0 Å². The van der Waals surface area contributed by atoms with Crippen LogP contribution in [0.25, 0.3) is 0 Å². The Morgan fingerprint density at radius 1 is 1.00 bits per heavy atom. The van der Waals surface area contributed by atoms with Crippen molar-refractivity contribution in [2.75, 3.05) is 18.4 Å². The average molecular weight is 524 g/mol. The fourth-order valence-corrected chi connectivity index (χ4v) is 4.39. The molecule has 13 heteroatoms. The van der Waals surface area contributed by atoms with Crippen molar-refractivity contribution >= 4 is 21.6 Å². The third-order valence-corrected chi connectivity index (χ3v) is 6.56. The van der Waals surface area contributed by atoms with Crippen LogP contribution < -0.4 is 9.46 Å². The number of para-hydroxylation sites is 1. The van der Waals surface area contributed by atoms with E-state index in [1.807, 2.05) is 20.8 Å². The molecule has 0 fully saturated rings. The van der Waals surface area contributed by atoms with Gasteiger partial charge in [-0.1, -0.05) is 26.8 Å². The summed E-state index contributed by atoms with van der Waals surface area (Å²) in [5, 5.41) is 0. The zero-order valence-electron chi connectivity index (χ0n) is 19.0. The maximum atomic E-state index is 13.2. The second kappa shape index (κ2) is 8.92. The highest BCUT2D eigenvalue weighted by Crippen LogP contribution is 2.39. The van der Waals surface area contributed by atoms with Crippen molar-refractivity contribution in [2.24, 2.45) is 10.4 Å². The normalized spacial score (nSPS) is 17.1. The van der Waals surface area contributed by atoms with Crippen molar-refractivity contribution in [3.63, 3.8) is 0 Å². The number of nitrogens with one attached hydrogen (secondary N) is 1. The van der Waals surface area contributed by atoms with Crippen molar-refractivity contribution < 1.29 is 44.2 Å². The zero-order chi connectivity index (χ0) is 26.4. The van der Waals surface area contributed by atoms with Crippen LogP contribution in [0.5, 0.6) is 5.75 Å². The lowest BCUT2D eigenvalue weighted by Crippen LogP contribution is -2.25. The minimum atomic E-state index is -5.21. The van der Waals surface area contributed by atoms with E-state index in [1.54, 1.807) is 0 Å². The maximum Gasteiger partial charge on any atom is 0.416 e. The molecule has 1 aliphatic heterocycles. The number of ether oxygens (including phenoxy) is 2. The molecule has 6 nitrogen and oxygen atoms in total. The Bertz CT molecular complexity index is 1220. The molecule has 1 atom stereocenters. The van der Waals surface area contributed by atoms with E-state index in [1.165, 1.54) is 25.3 Å². The first-order valence-corrected chi connectivity index (χ1v) is 11.6. The highest BCUT2D eigenvalue weighted by atomic mass is 32.2. The zero-order valence-corrected chi connectivity index (χ0v) is 19.8. The highest BCUT2D eigenvalue weighted by molar-refractivity contribution is 7.92. The number of hydrogen-bond acceptors (Lipinski definition) is 5. The fourth-order valence-electron chi connectivity index (χ4n) is 3.22. The molecule has 0 amide bonds. The number of rotatable bonds is 5. The third-order valence-electron chi connectivity index (χ3n) is 5.24. The van der Waals surface area contributed by atoms with Gasteiger partial charge in [-0.3, -0.25) is 4.72 Å². The second-order valence-electron chi connectivity index (χ2n) is 8.86. The number of aliphatic imine (C=N–C) groups is 1. The first-order chi connectivity index (χ1) is 15.9. The van der Waals surface area contributed by atoms with E-state index in [2.05, 4.69) is 9.71 Å². The van der Waals surface area contributed by atoms with Gasteiger partial charge < -0.3 is 9.47 Å². The highest BCUT2D eigenvalue weighted by Gasteiger charge is 2.39. The molecule has 2 aromatic carbocycles. The van der Waals surface area contributed by atoms with Crippen LogP contribution in [0.2, 0.25) is 0 Å². The third kappa shape index (κ3) is 5.82. The number of nitrogens with zero attached hydrogens (tertiary/aromatic N) is 1. The molecule has 35 heavy (non-hydrogen) atoms. The van der Waals surface area contributed by atoms with Crippen molar-refractivity contribution in [3.05, 3.63) is 53.1 Å². The molecule has 1 aliphatic rings. The largest absolute Gasteiger partial charge is 0.495 e. The van der Waals surface area contributed by atoms with Crippen molar-refractivity contribution in [2.45, 2.75) is 44.1 Å². The Labute approximate surface area is 198 Å². The molecule has 1 heterocycles. The van der Waals surface area contributed by atoms with Crippen LogP contribution in [0.3, 0.4) is 0 Å². The lowest BCUT2D eigenvalue weighted by molar-refractivity contribution is -0.143. The average Bonchev–Trinajstić information content (AvgIpc) is 3.23. The summed E-state index contributed by atoms with van der Waals surface area (Å²) in [4.78, 5) is 3.24. The van der Waals surface area contributed by atoms with Gasteiger partial charge in [0.15, 0.2) is 0 Å². The predicted molar refractivity (Wildman–Crippen MR) is 116 cm³/mol. The molecule has 0 saturated carbocycles. The van der Waals surface area contributed by atoms with E-state index >= 15 is 0 Å². The first kappa shape index (κ1) is 26.6. The molecular weight excluding hydrogens is 502 g/mol. The summed E-state index contributed by atoms with van der Waals surface area (Å²) in [6.45, 7) is 5.97. The van der Waals surface area contributed by atoms with Gasteiger partial charge in [-0.2, -0.15) is 26.3 Å². The Balaban J connectivity index is 2.13. The molecule has 1 N–H and O–H groups in total.